The van der Waals surface area contributed by atoms with Crippen molar-refractivity contribution < 1.29 is 23.5 Å². The molecule has 0 saturated carbocycles. The molecule has 182 valence electrons. The molecular weight excluding hydrogens is 444 g/mol. The minimum Gasteiger partial charge on any atom is -0.466 e. The van der Waals surface area contributed by atoms with E-state index in [0.717, 1.165) is 6.29 Å². The van der Waals surface area contributed by atoms with E-state index in [1.54, 1.807) is 6.92 Å². The molecule has 0 amide bonds. The molecule has 2 saturated heterocycles. The van der Waals surface area contributed by atoms with Gasteiger partial charge in [0.25, 0.3) is 8.32 Å². The van der Waals surface area contributed by atoms with Gasteiger partial charge in [0.1, 0.15) is 11.5 Å². The maximum Gasteiger partial charge on any atom is 0.312 e. The van der Waals surface area contributed by atoms with Gasteiger partial charge in [-0.25, -0.2) is 0 Å². The summed E-state index contributed by atoms with van der Waals surface area (Å²) >= 11 is 0. The molecule has 2 fully saturated rings. The standard InChI is InChI=1S/C28H36O5Si/c1-7-31-25(30)23-27(5,6)24-22(18-28(23,19-29)32-24)33-34(26(2,3)4,20-14-10-8-11-15-20)21-16-12-9-13-17-21/h8-17,19,22-24H,7,18H2,1-6H3/t22-,23-,24-,28-/m0/s1. The Balaban J connectivity index is 1.82. The first-order chi connectivity index (χ1) is 16.0. The van der Waals surface area contributed by atoms with Crippen molar-refractivity contribution in [3.05, 3.63) is 60.7 Å². The molecule has 2 aromatic carbocycles. The number of ether oxygens (including phenoxy) is 2. The zero-order valence-corrected chi connectivity index (χ0v) is 22.0. The fourth-order valence-electron chi connectivity index (χ4n) is 6.29. The number of carbonyl (C=O) groups is 2. The van der Waals surface area contributed by atoms with Gasteiger partial charge in [-0.3, -0.25) is 4.79 Å². The number of rotatable bonds is 7. The van der Waals surface area contributed by atoms with E-state index < -0.39 is 31.4 Å². The molecule has 0 N–H and O–H groups in total. The van der Waals surface area contributed by atoms with Crippen LogP contribution < -0.4 is 10.4 Å². The highest BCUT2D eigenvalue weighted by molar-refractivity contribution is 6.99. The Bertz CT molecular complexity index is 990. The molecule has 2 aromatic rings. The van der Waals surface area contributed by atoms with Crippen LogP contribution in [0.25, 0.3) is 0 Å². The fourth-order valence-corrected chi connectivity index (χ4v) is 11.0. The summed E-state index contributed by atoms with van der Waals surface area (Å²) in [5.41, 5.74) is -1.84. The molecule has 0 spiro atoms. The minimum atomic E-state index is -2.84. The first-order valence-corrected chi connectivity index (χ1v) is 14.0. The summed E-state index contributed by atoms with van der Waals surface area (Å²) in [6.07, 6.45) is 0.440. The highest BCUT2D eigenvalue weighted by Crippen LogP contribution is 2.59. The van der Waals surface area contributed by atoms with Crippen LogP contribution in [0.3, 0.4) is 0 Å². The molecule has 0 unspecified atom stereocenters. The molecule has 2 bridgehead atoms. The first-order valence-electron chi connectivity index (χ1n) is 12.1. The van der Waals surface area contributed by atoms with Gasteiger partial charge in [-0.1, -0.05) is 95.3 Å². The second kappa shape index (κ2) is 8.74. The van der Waals surface area contributed by atoms with E-state index in [2.05, 4.69) is 69.3 Å². The number of benzene rings is 2. The highest BCUT2D eigenvalue weighted by Gasteiger charge is 2.71. The van der Waals surface area contributed by atoms with Crippen LogP contribution in [-0.4, -0.2) is 45.0 Å². The minimum absolute atomic E-state index is 0.198. The third-order valence-corrected chi connectivity index (χ3v) is 12.7. The van der Waals surface area contributed by atoms with Crippen LogP contribution in [0.2, 0.25) is 5.04 Å². The lowest BCUT2D eigenvalue weighted by atomic mass is 9.63. The molecule has 4 rings (SSSR count). The second-order valence-corrected chi connectivity index (χ2v) is 15.4. The Morgan fingerprint density at radius 2 is 1.59 bits per heavy atom. The molecule has 0 aromatic heterocycles. The van der Waals surface area contributed by atoms with Gasteiger partial charge in [0.05, 0.1) is 18.8 Å². The fraction of sp³-hybridized carbons (Fsp3) is 0.500. The number of aldehydes is 1. The van der Waals surface area contributed by atoms with Crippen molar-refractivity contribution >= 4 is 30.9 Å². The second-order valence-electron chi connectivity index (χ2n) is 11.1. The maximum atomic E-state index is 12.9. The number of esters is 1. The van der Waals surface area contributed by atoms with Gasteiger partial charge in [-0.15, -0.1) is 0 Å². The number of hydrogen-bond acceptors (Lipinski definition) is 5. The molecule has 0 aliphatic carbocycles. The van der Waals surface area contributed by atoms with Crippen LogP contribution in [0.4, 0.5) is 0 Å². The summed E-state index contributed by atoms with van der Waals surface area (Å²) in [6, 6.07) is 20.9. The molecule has 2 heterocycles. The van der Waals surface area contributed by atoms with Crippen molar-refractivity contribution in [3.8, 4) is 0 Å². The highest BCUT2D eigenvalue weighted by atomic mass is 28.4. The average molecular weight is 481 g/mol. The van der Waals surface area contributed by atoms with Gasteiger partial charge in [0.2, 0.25) is 0 Å². The molecule has 2 aliphatic heterocycles. The SMILES string of the molecule is CCOC(=O)[C@H]1C(C)(C)[C@H]2O[C@]1(C=O)C[C@@H]2O[Si](c1ccccc1)(c1ccccc1)C(C)(C)C. The van der Waals surface area contributed by atoms with Gasteiger partial charge in [0, 0.05) is 11.8 Å². The van der Waals surface area contributed by atoms with Crippen LogP contribution in [0.1, 0.15) is 48.0 Å². The zero-order chi connectivity index (χ0) is 24.8. The summed E-state index contributed by atoms with van der Waals surface area (Å²) < 4.78 is 19.1. The van der Waals surface area contributed by atoms with Crippen molar-refractivity contribution in [2.75, 3.05) is 6.61 Å². The average Bonchev–Trinajstić information content (AvgIpc) is 3.28. The van der Waals surface area contributed by atoms with E-state index in [-0.39, 0.29) is 23.7 Å². The predicted molar refractivity (Wildman–Crippen MR) is 135 cm³/mol. The summed E-state index contributed by atoms with van der Waals surface area (Å²) in [6.45, 7) is 12.7. The van der Waals surface area contributed by atoms with Crippen molar-refractivity contribution in [3.63, 3.8) is 0 Å². The predicted octanol–water partition coefficient (Wildman–Crippen LogP) is 3.88. The van der Waals surface area contributed by atoms with Crippen LogP contribution in [0.5, 0.6) is 0 Å². The molecule has 34 heavy (non-hydrogen) atoms. The van der Waals surface area contributed by atoms with E-state index in [9.17, 15) is 9.59 Å². The quantitative estimate of drug-likeness (QED) is 0.342. The lowest BCUT2D eigenvalue weighted by molar-refractivity contribution is -0.159. The maximum absolute atomic E-state index is 12.9. The van der Waals surface area contributed by atoms with E-state index in [0.29, 0.717) is 6.42 Å². The topological polar surface area (TPSA) is 61.8 Å². The van der Waals surface area contributed by atoms with E-state index in [1.807, 2.05) is 26.0 Å². The molecule has 6 heteroatoms. The van der Waals surface area contributed by atoms with E-state index in [1.165, 1.54) is 10.4 Å². The van der Waals surface area contributed by atoms with Crippen LogP contribution in [0, 0.1) is 11.3 Å². The van der Waals surface area contributed by atoms with Crippen molar-refractivity contribution in [2.24, 2.45) is 11.3 Å². The van der Waals surface area contributed by atoms with Crippen LogP contribution >= 0.6 is 0 Å². The zero-order valence-electron chi connectivity index (χ0n) is 21.0. The Morgan fingerprint density at radius 1 is 1.06 bits per heavy atom. The third-order valence-electron chi connectivity index (χ3n) is 7.64. The van der Waals surface area contributed by atoms with Crippen LogP contribution in [0.15, 0.2) is 60.7 Å². The van der Waals surface area contributed by atoms with E-state index in [4.69, 9.17) is 13.9 Å². The molecule has 5 nitrogen and oxygen atoms in total. The Kier molecular flexibility index (Phi) is 6.38. The van der Waals surface area contributed by atoms with Gasteiger partial charge in [-0.2, -0.15) is 0 Å². The van der Waals surface area contributed by atoms with Crippen molar-refractivity contribution in [1.29, 1.82) is 0 Å². The van der Waals surface area contributed by atoms with Crippen molar-refractivity contribution in [2.45, 2.75) is 70.8 Å². The van der Waals surface area contributed by atoms with Crippen LogP contribution in [-0.2, 0) is 23.5 Å². The molecule has 4 atom stereocenters. The molecular formula is C28H36O5Si. The summed E-state index contributed by atoms with van der Waals surface area (Å²) in [5.74, 6) is -1.02. The largest absolute Gasteiger partial charge is 0.466 e. The number of hydrogen-bond donors (Lipinski definition) is 0. The number of fused-ring (bicyclic) bond motifs is 2. The normalized spacial score (nSPS) is 28.0. The smallest absolute Gasteiger partial charge is 0.312 e. The first kappa shape index (κ1) is 24.8. The van der Waals surface area contributed by atoms with Gasteiger partial charge >= 0.3 is 5.97 Å². The van der Waals surface area contributed by atoms with E-state index >= 15 is 0 Å². The molecule has 0 radical (unpaired) electrons. The monoisotopic (exact) mass is 480 g/mol. The number of carbonyl (C=O) groups excluding carboxylic acids is 2. The Labute approximate surface area is 203 Å². The lowest BCUT2D eigenvalue weighted by Crippen LogP contribution is -2.69. The van der Waals surface area contributed by atoms with Gasteiger partial charge in [-0.05, 0) is 22.3 Å². The molecule has 2 aliphatic rings. The summed E-state index contributed by atoms with van der Waals surface area (Å²) in [4.78, 5) is 25.4. The summed E-state index contributed by atoms with van der Waals surface area (Å²) in [7, 11) is -2.84. The third kappa shape index (κ3) is 3.67. The lowest BCUT2D eigenvalue weighted by Gasteiger charge is -2.48. The van der Waals surface area contributed by atoms with Gasteiger partial charge < -0.3 is 18.7 Å². The Hall–Kier alpha value is -2.28. The summed E-state index contributed by atoms with van der Waals surface area (Å²) in [5, 5.41) is 2.16. The van der Waals surface area contributed by atoms with Crippen molar-refractivity contribution in [1.82, 2.24) is 0 Å². The Morgan fingerprint density at radius 3 is 2.03 bits per heavy atom. The van der Waals surface area contributed by atoms with Gasteiger partial charge in [0.15, 0.2) is 6.29 Å².